The third-order valence-corrected chi connectivity index (χ3v) is 5.78. The Balaban J connectivity index is 1.59. The first-order valence-corrected chi connectivity index (χ1v) is 10.6. The summed E-state index contributed by atoms with van der Waals surface area (Å²) in [4.78, 5) is 28.6. The Morgan fingerprint density at radius 1 is 1.12 bits per heavy atom. The molecule has 9 heteroatoms. The van der Waals surface area contributed by atoms with Crippen LogP contribution in [-0.2, 0) is 11.8 Å². The molecule has 1 fully saturated rings. The molecule has 32 heavy (non-hydrogen) atoms. The Hall–Kier alpha value is -3.62. The molecule has 9 nitrogen and oxygen atoms in total. The van der Waals surface area contributed by atoms with E-state index >= 15 is 0 Å². The van der Waals surface area contributed by atoms with Crippen LogP contribution < -0.4 is 19.7 Å². The highest BCUT2D eigenvalue weighted by Gasteiger charge is 2.30. The van der Waals surface area contributed by atoms with E-state index in [1.165, 1.54) is 0 Å². The van der Waals surface area contributed by atoms with E-state index in [1.807, 2.05) is 29.9 Å². The van der Waals surface area contributed by atoms with Crippen LogP contribution >= 0.6 is 0 Å². The fraction of sp³-hybridized carbons (Fsp3) is 0.391. The number of ether oxygens (including phenoxy) is 2. The molecule has 1 amide bonds. The monoisotopic (exact) mass is 436 g/mol. The van der Waals surface area contributed by atoms with E-state index in [0.29, 0.717) is 18.0 Å². The van der Waals surface area contributed by atoms with Crippen molar-refractivity contribution in [1.29, 1.82) is 0 Å². The molecule has 3 aromatic rings. The minimum absolute atomic E-state index is 0.0200. The molecule has 0 spiro atoms. The van der Waals surface area contributed by atoms with Gasteiger partial charge in [-0.05, 0) is 30.5 Å². The number of carbonyl (C=O) groups excluding carboxylic acids is 1. The highest BCUT2D eigenvalue weighted by molar-refractivity contribution is 5.80. The van der Waals surface area contributed by atoms with E-state index in [1.54, 1.807) is 45.1 Å². The van der Waals surface area contributed by atoms with Gasteiger partial charge in [-0.2, -0.15) is 0 Å². The van der Waals surface area contributed by atoms with Gasteiger partial charge in [-0.3, -0.25) is 9.78 Å². The van der Waals surface area contributed by atoms with Crippen LogP contribution in [0.1, 0.15) is 30.3 Å². The van der Waals surface area contributed by atoms with Crippen molar-refractivity contribution in [1.82, 2.24) is 24.8 Å². The normalized spacial score (nSPS) is 17.0. The van der Waals surface area contributed by atoms with Crippen LogP contribution in [0.25, 0.3) is 0 Å². The highest BCUT2D eigenvalue weighted by Crippen LogP contribution is 2.30. The first kappa shape index (κ1) is 21.6. The summed E-state index contributed by atoms with van der Waals surface area (Å²) in [5.74, 6) is 2.64. The third-order valence-electron chi connectivity index (χ3n) is 5.78. The second kappa shape index (κ2) is 9.67. The lowest BCUT2D eigenvalue weighted by atomic mass is 9.96. The molecule has 0 bridgehead atoms. The Bertz CT molecular complexity index is 1030. The quantitative estimate of drug-likeness (QED) is 0.608. The Morgan fingerprint density at radius 2 is 1.91 bits per heavy atom. The van der Waals surface area contributed by atoms with Crippen molar-refractivity contribution in [2.75, 3.05) is 32.2 Å². The largest absolute Gasteiger partial charge is 0.497 e. The molecule has 0 saturated carbocycles. The maximum atomic E-state index is 13.4. The summed E-state index contributed by atoms with van der Waals surface area (Å²) in [5, 5.41) is 3.22. The molecule has 168 valence electrons. The Morgan fingerprint density at radius 3 is 2.53 bits per heavy atom. The number of imidazole rings is 1. The summed E-state index contributed by atoms with van der Waals surface area (Å²) in [7, 11) is 5.13. The van der Waals surface area contributed by atoms with Gasteiger partial charge in [-0.25, -0.2) is 9.97 Å². The van der Waals surface area contributed by atoms with E-state index in [-0.39, 0.29) is 11.8 Å². The molecule has 1 aromatic carbocycles. The molecule has 0 unspecified atom stereocenters. The van der Waals surface area contributed by atoms with Crippen LogP contribution in [-0.4, -0.2) is 52.7 Å². The van der Waals surface area contributed by atoms with E-state index in [2.05, 4.69) is 25.2 Å². The lowest BCUT2D eigenvalue weighted by Crippen LogP contribution is -2.44. The molecule has 1 aliphatic rings. The summed E-state index contributed by atoms with van der Waals surface area (Å²) in [6.07, 6.45) is 10.4. The van der Waals surface area contributed by atoms with Crippen molar-refractivity contribution in [3.05, 3.63) is 60.6 Å². The number of aryl methyl sites for hydroxylation is 1. The summed E-state index contributed by atoms with van der Waals surface area (Å²) in [6.45, 7) is 1.46. The number of amides is 1. The molecule has 0 aliphatic carbocycles. The predicted molar refractivity (Wildman–Crippen MR) is 120 cm³/mol. The van der Waals surface area contributed by atoms with Gasteiger partial charge in [0.2, 0.25) is 5.91 Å². The third kappa shape index (κ3) is 4.66. The second-order valence-corrected chi connectivity index (χ2v) is 7.83. The van der Waals surface area contributed by atoms with Crippen molar-refractivity contribution in [2.45, 2.75) is 18.9 Å². The van der Waals surface area contributed by atoms with Crippen LogP contribution in [0.4, 0.5) is 5.82 Å². The van der Waals surface area contributed by atoms with E-state index in [9.17, 15) is 4.79 Å². The summed E-state index contributed by atoms with van der Waals surface area (Å²) < 4.78 is 12.8. The number of rotatable bonds is 7. The molecule has 2 atom stereocenters. The second-order valence-electron chi connectivity index (χ2n) is 7.83. The first-order valence-electron chi connectivity index (χ1n) is 10.6. The van der Waals surface area contributed by atoms with Crippen molar-refractivity contribution >= 4 is 11.7 Å². The summed E-state index contributed by atoms with van der Waals surface area (Å²) in [6, 6.07) is 5.16. The van der Waals surface area contributed by atoms with Gasteiger partial charge in [-0.15, -0.1) is 0 Å². The minimum atomic E-state index is -0.446. The van der Waals surface area contributed by atoms with Gasteiger partial charge in [0.15, 0.2) is 0 Å². The van der Waals surface area contributed by atoms with Gasteiger partial charge < -0.3 is 24.3 Å². The van der Waals surface area contributed by atoms with Gasteiger partial charge >= 0.3 is 0 Å². The maximum absolute atomic E-state index is 13.4. The Labute approximate surface area is 187 Å². The molecule has 1 aliphatic heterocycles. The first-order chi connectivity index (χ1) is 15.6. The van der Waals surface area contributed by atoms with Crippen LogP contribution in [0.15, 0.2) is 49.2 Å². The fourth-order valence-corrected chi connectivity index (χ4v) is 4.06. The number of aromatic nitrogens is 4. The van der Waals surface area contributed by atoms with Gasteiger partial charge in [0.25, 0.3) is 0 Å². The number of benzene rings is 1. The number of anilines is 1. The molecular formula is C23H28N6O3. The average molecular weight is 437 g/mol. The highest BCUT2D eigenvalue weighted by atomic mass is 16.5. The summed E-state index contributed by atoms with van der Waals surface area (Å²) in [5.41, 5.74) is 0.838. The number of nitrogens with one attached hydrogen (secondary N) is 1. The Kier molecular flexibility index (Phi) is 6.53. The van der Waals surface area contributed by atoms with Crippen LogP contribution in [0.5, 0.6) is 11.5 Å². The number of methoxy groups -OCH3 is 2. The van der Waals surface area contributed by atoms with E-state index in [4.69, 9.17) is 9.47 Å². The van der Waals surface area contributed by atoms with Crippen LogP contribution in [0, 0.1) is 5.92 Å². The maximum Gasteiger partial charge on any atom is 0.225 e. The fourth-order valence-electron chi connectivity index (χ4n) is 4.06. The smallest absolute Gasteiger partial charge is 0.225 e. The van der Waals surface area contributed by atoms with Gasteiger partial charge in [0, 0.05) is 51.0 Å². The van der Waals surface area contributed by atoms with Crippen LogP contribution in [0.3, 0.4) is 0 Å². The standard InChI is InChI=1S/C23H28N6O3/c1-28-10-8-26-22(28)21(17-11-18(31-2)13-19(12-17)32-3)27-23(30)16-5-4-9-29(15-16)20-14-24-6-7-25-20/h6-8,10-14,16,21H,4-5,9,15H2,1-3H3,(H,27,30)/t16-,21+/m1/s1. The average Bonchev–Trinajstić information content (AvgIpc) is 3.28. The SMILES string of the molecule is COc1cc(OC)cc([C@H](NC(=O)[C@@H]2CCCN(c3cnccn3)C2)c2nccn2C)c1. The van der Waals surface area contributed by atoms with Crippen LogP contribution in [0.2, 0.25) is 0 Å². The van der Waals surface area contributed by atoms with E-state index in [0.717, 1.165) is 36.6 Å². The predicted octanol–water partition coefficient (Wildman–Crippen LogP) is 2.35. The van der Waals surface area contributed by atoms with Crippen molar-refractivity contribution in [3.63, 3.8) is 0 Å². The zero-order valence-corrected chi connectivity index (χ0v) is 18.6. The molecule has 1 N–H and O–H groups in total. The molecule has 3 heterocycles. The van der Waals surface area contributed by atoms with E-state index < -0.39 is 6.04 Å². The number of carbonyl (C=O) groups is 1. The van der Waals surface area contributed by atoms with Crippen molar-refractivity contribution < 1.29 is 14.3 Å². The lowest BCUT2D eigenvalue weighted by molar-refractivity contribution is -0.125. The van der Waals surface area contributed by atoms with Gasteiger partial charge in [0.1, 0.15) is 29.2 Å². The van der Waals surface area contributed by atoms with Gasteiger partial charge in [0.05, 0.1) is 26.3 Å². The molecule has 2 aromatic heterocycles. The van der Waals surface area contributed by atoms with Crippen molar-refractivity contribution in [2.24, 2.45) is 13.0 Å². The van der Waals surface area contributed by atoms with Gasteiger partial charge in [-0.1, -0.05) is 0 Å². The minimum Gasteiger partial charge on any atom is -0.497 e. The summed E-state index contributed by atoms with van der Waals surface area (Å²) >= 11 is 0. The molecule has 4 rings (SSSR count). The number of piperidine rings is 1. The number of hydrogen-bond acceptors (Lipinski definition) is 7. The lowest BCUT2D eigenvalue weighted by Gasteiger charge is -2.33. The molecular weight excluding hydrogens is 408 g/mol. The zero-order valence-electron chi connectivity index (χ0n) is 18.6. The number of nitrogens with zero attached hydrogens (tertiary/aromatic N) is 5. The topological polar surface area (TPSA) is 94.4 Å². The molecule has 1 saturated heterocycles. The number of hydrogen-bond donors (Lipinski definition) is 1. The van der Waals surface area contributed by atoms with Crippen molar-refractivity contribution in [3.8, 4) is 11.5 Å². The molecule has 0 radical (unpaired) electrons. The zero-order chi connectivity index (χ0) is 22.5.